The van der Waals surface area contributed by atoms with Crippen molar-refractivity contribution < 1.29 is 9.47 Å². The third-order valence-corrected chi connectivity index (χ3v) is 16.3. The van der Waals surface area contributed by atoms with E-state index < -0.39 is 0 Å². The van der Waals surface area contributed by atoms with Gasteiger partial charge in [0.05, 0.1) is 0 Å². The van der Waals surface area contributed by atoms with Gasteiger partial charge in [0.2, 0.25) is 0 Å². The van der Waals surface area contributed by atoms with Crippen molar-refractivity contribution in [2.24, 2.45) is 52.3 Å². The topological polar surface area (TPSA) is 18.5 Å². The average molecular weight is 737 g/mol. The van der Waals surface area contributed by atoms with Crippen molar-refractivity contribution in [3.63, 3.8) is 0 Å². The first-order chi connectivity index (χ1) is 26.5. The van der Waals surface area contributed by atoms with Crippen molar-refractivity contribution in [3.05, 3.63) is 119 Å². The molecule has 0 saturated heterocycles. The SMILES string of the molecule is Cc1ccc(Oc2ccc(C3(c4ccc(Oc5ccc(C)cc5)cc4)CCC4(C)C(CCC5C4CCC4(C)C(C(C)CCCC(C)C)CCC54)C3)cc2)cc1. The molecule has 55 heavy (non-hydrogen) atoms. The first kappa shape index (κ1) is 38.4. The van der Waals surface area contributed by atoms with E-state index in [0.29, 0.717) is 10.8 Å². The van der Waals surface area contributed by atoms with E-state index in [1.807, 2.05) is 0 Å². The van der Waals surface area contributed by atoms with Gasteiger partial charge in [0.1, 0.15) is 23.0 Å². The van der Waals surface area contributed by atoms with Crippen LogP contribution in [0.25, 0.3) is 0 Å². The Balaban J connectivity index is 1.05. The van der Waals surface area contributed by atoms with Crippen LogP contribution in [0, 0.1) is 66.1 Å². The molecule has 4 aliphatic carbocycles. The van der Waals surface area contributed by atoms with Gasteiger partial charge in [-0.1, -0.05) is 114 Å². The minimum absolute atomic E-state index is 0.0329. The molecule has 4 aromatic carbocycles. The smallest absolute Gasteiger partial charge is 0.127 e. The lowest BCUT2D eigenvalue weighted by Crippen LogP contribution is -2.55. The number of benzene rings is 4. The predicted molar refractivity (Wildman–Crippen MR) is 229 cm³/mol. The maximum atomic E-state index is 6.33. The van der Waals surface area contributed by atoms with Gasteiger partial charge in [-0.05, 0) is 184 Å². The number of fused-ring (bicyclic) bond motifs is 5. The van der Waals surface area contributed by atoms with Gasteiger partial charge in [-0.2, -0.15) is 0 Å². The molecule has 2 nitrogen and oxygen atoms in total. The third kappa shape index (κ3) is 7.42. The van der Waals surface area contributed by atoms with Crippen LogP contribution in [0.3, 0.4) is 0 Å². The second-order valence-corrected chi connectivity index (χ2v) is 19.9. The van der Waals surface area contributed by atoms with Gasteiger partial charge in [-0.15, -0.1) is 0 Å². The number of hydrogen-bond acceptors (Lipinski definition) is 2. The molecule has 4 aliphatic rings. The Morgan fingerprint density at radius 1 is 0.545 bits per heavy atom. The molecule has 2 heteroatoms. The van der Waals surface area contributed by atoms with E-state index in [1.165, 1.54) is 99.3 Å². The van der Waals surface area contributed by atoms with Crippen LogP contribution in [0.2, 0.25) is 0 Å². The first-order valence-corrected chi connectivity index (χ1v) is 22.2. The van der Waals surface area contributed by atoms with Gasteiger partial charge in [-0.25, -0.2) is 0 Å². The molecule has 0 aliphatic heterocycles. The average Bonchev–Trinajstić information content (AvgIpc) is 3.54. The van der Waals surface area contributed by atoms with E-state index in [4.69, 9.17) is 9.47 Å². The first-order valence-electron chi connectivity index (χ1n) is 22.2. The predicted octanol–water partition coefficient (Wildman–Crippen LogP) is 15.3. The van der Waals surface area contributed by atoms with Crippen LogP contribution >= 0.6 is 0 Å². The van der Waals surface area contributed by atoms with Crippen molar-refractivity contribution in [2.75, 3.05) is 0 Å². The number of aryl methyl sites for hydroxylation is 2. The van der Waals surface area contributed by atoms with Crippen molar-refractivity contribution >= 4 is 0 Å². The molecule has 8 atom stereocenters. The number of rotatable bonds is 11. The summed E-state index contributed by atoms with van der Waals surface area (Å²) in [6.45, 7) is 17.1. The van der Waals surface area contributed by atoms with Crippen LogP contribution in [-0.4, -0.2) is 0 Å². The highest BCUT2D eigenvalue weighted by Crippen LogP contribution is 2.70. The molecular formula is C53H68O2. The molecule has 4 aromatic rings. The largest absolute Gasteiger partial charge is 0.457 e. The third-order valence-electron chi connectivity index (χ3n) is 16.3. The maximum absolute atomic E-state index is 6.33. The fourth-order valence-electron chi connectivity index (χ4n) is 13.1. The summed E-state index contributed by atoms with van der Waals surface area (Å²) in [4.78, 5) is 0. The Kier molecular flexibility index (Phi) is 10.8. The summed E-state index contributed by atoms with van der Waals surface area (Å²) in [7, 11) is 0. The van der Waals surface area contributed by atoms with Crippen molar-refractivity contribution in [1.29, 1.82) is 0 Å². The molecule has 0 heterocycles. The van der Waals surface area contributed by atoms with Crippen LogP contribution < -0.4 is 9.47 Å². The summed E-state index contributed by atoms with van der Waals surface area (Å²) < 4.78 is 12.7. The Labute approximate surface area is 333 Å². The second kappa shape index (κ2) is 15.4. The van der Waals surface area contributed by atoms with E-state index in [0.717, 1.165) is 64.4 Å². The van der Waals surface area contributed by atoms with Gasteiger partial charge in [0, 0.05) is 5.41 Å². The van der Waals surface area contributed by atoms with Gasteiger partial charge >= 0.3 is 0 Å². The normalized spacial score (nSPS) is 30.2. The van der Waals surface area contributed by atoms with Crippen molar-refractivity contribution in [3.8, 4) is 23.0 Å². The molecule has 0 radical (unpaired) electrons. The Bertz CT molecular complexity index is 1780. The molecule has 8 rings (SSSR count). The molecule has 292 valence electrons. The standard InChI is InChI=1S/C53H68O2/c1-36(2)9-8-10-39(5)48-29-30-49-47-28-19-42-35-53(34-33-51(42,6)50(47)31-32-52(48,49)7,40-15-24-45(25-16-40)54-43-20-11-37(3)12-21-43)41-17-26-46(27-18-41)55-44-22-13-38(4)14-23-44/h11-18,20-27,36,39,42,47-50H,8-10,19,28-35H2,1-7H3. The molecule has 4 fully saturated rings. The van der Waals surface area contributed by atoms with Crippen LogP contribution in [0.1, 0.15) is 134 Å². The van der Waals surface area contributed by atoms with Crippen molar-refractivity contribution in [2.45, 2.75) is 131 Å². The lowest BCUT2D eigenvalue weighted by atomic mass is 9.42. The lowest BCUT2D eigenvalue weighted by Gasteiger charge is -2.63. The summed E-state index contributed by atoms with van der Waals surface area (Å²) in [5.41, 5.74) is 6.28. The summed E-state index contributed by atoms with van der Waals surface area (Å²) in [5, 5.41) is 0. The van der Waals surface area contributed by atoms with Crippen LogP contribution in [0.15, 0.2) is 97.1 Å². The number of hydrogen-bond donors (Lipinski definition) is 0. The van der Waals surface area contributed by atoms with E-state index in [1.54, 1.807) is 0 Å². The quantitative estimate of drug-likeness (QED) is 0.153. The Morgan fingerprint density at radius 3 is 1.58 bits per heavy atom. The molecular weight excluding hydrogens is 669 g/mol. The zero-order chi connectivity index (χ0) is 38.4. The second-order valence-electron chi connectivity index (χ2n) is 19.9. The fourth-order valence-corrected chi connectivity index (χ4v) is 13.1. The van der Waals surface area contributed by atoms with Gasteiger partial charge in [0.25, 0.3) is 0 Å². The highest BCUT2D eigenvalue weighted by Gasteiger charge is 2.62. The van der Waals surface area contributed by atoms with E-state index >= 15 is 0 Å². The van der Waals surface area contributed by atoms with E-state index in [9.17, 15) is 0 Å². The highest BCUT2D eigenvalue weighted by atomic mass is 16.5. The molecule has 8 unspecified atom stereocenters. The van der Waals surface area contributed by atoms with Crippen LogP contribution in [0.4, 0.5) is 0 Å². The zero-order valence-electron chi connectivity index (χ0n) is 35.1. The zero-order valence-corrected chi connectivity index (χ0v) is 35.1. The number of ether oxygens (including phenoxy) is 2. The van der Waals surface area contributed by atoms with Gasteiger partial charge in [0.15, 0.2) is 0 Å². The van der Waals surface area contributed by atoms with Crippen LogP contribution in [0.5, 0.6) is 23.0 Å². The van der Waals surface area contributed by atoms with Crippen molar-refractivity contribution in [1.82, 2.24) is 0 Å². The summed E-state index contributed by atoms with van der Waals surface area (Å²) in [5.74, 6) is 9.64. The fraction of sp³-hybridized carbons (Fsp3) is 0.547. The molecule has 0 bridgehead atoms. The monoisotopic (exact) mass is 737 g/mol. The molecule has 4 saturated carbocycles. The van der Waals surface area contributed by atoms with E-state index in [-0.39, 0.29) is 5.41 Å². The van der Waals surface area contributed by atoms with Gasteiger partial charge in [-0.3, -0.25) is 0 Å². The Hall–Kier alpha value is -3.52. The molecule has 0 aromatic heterocycles. The lowest BCUT2D eigenvalue weighted by molar-refractivity contribution is -0.122. The van der Waals surface area contributed by atoms with E-state index in [2.05, 4.69) is 146 Å². The summed E-state index contributed by atoms with van der Waals surface area (Å²) >= 11 is 0. The summed E-state index contributed by atoms with van der Waals surface area (Å²) in [6, 6.07) is 35.1. The summed E-state index contributed by atoms with van der Waals surface area (Å²) in [6.07, 6.45) is 16.6. The Morgan fingerprint density at radius 2 is 1.05 bits per heavy atom. The highest BCUT2D eigenvalue weighted by molar-refractivity contribution is 5.46. The maximum Gasteiger partial charge on any atom is 0.127 e. The molecule has 0 N–H and O–H groups in total. The molecule has 0 amide bonds. The molecule has 0 spiro atoms. The van der Waals surface area contributed by atoms with Gasteiger partial charge < -0.3 is 9.47 Å². The van der Waals surface area contributed by atoms with Crippen LogP contribution in [-0.2, 0) is 5.41 Å². The minimum atomic E-state index is -0.0329. The minimum Gasteiger partial charge on any atom is -0.457 e.